The molecule has 1 aromatic rings. The first kappa shape index (κ1) is 13.1. The molecule has 0 aliphatic heterocycles. The Labute approximate surface area is 109 Å². The maximum atomic E-state index is 11.8. The summed E-state index contributed by atoms with van der Waals surface area (Å²) in [5.41, 5.74) is 1.13. The molecular formula is C14H23N3O. The molecule has 0 bridgehead atoms. The van der Waals surface area contributed by atoms with Crippen LogP contribution in [0.25, 0.3) is 0 Å². The minimum Gasteiger partial charge on any atom is -0.365 e. The molecule has 4 nitrogen and oxygen atoms in total. The molecule has 0 aromatic carbocycles. The monoisotopic (exact) mass is 249 g/mol. The van der Waals surface area contributed by atoms with Gasteiger partial charge in [-0.15, -0.1) is 0 Å². The van der Waals surface area contributed by atoms with Crippen molar-refractivity contribution in [1.29, 1.82) is 0 Å². The van der Waals surface area contributed by atoms with Gasteiger partial charge in [0.1, 0.15) is 0 Å². The zero-order valence-corrected chi connectivity index (χ0v) is 11.0. The average Bonchev–Trinajstić information content (AvgIpc) is 2.90. The molecule has 0 atom stereocenters. The smallest absolute Gasteiger partial charge is 0.220 e. The van der Waals surface area contributed by atoms with E-state index in [1.807, 2.05) is 25.4 Å². The Kier molecular flexibility index (Phi) is 4.81. The molecule has 0 spiro atoms. The molecule has 2 rings (SSSR count). The van der Waals surface area contributed by atoms with Gasteiger partial charge in [0.15, 0.2) is 0 Å². The van der Waals surface area contributed by atoms with E-state index in [-0.39, 0.29) is 5.91 Å². The molecule has 4 heteroatoms. The number of hydrogen-bond donors (Lipinski definition) is 3. The average molecular weight is 249 g/mol. The fourth-order valence-electron chi connectivity index (χ4n) is 2.60. The minimum atomic E-state index is 0.178. The van der Waals surface area contributed by atoms with Crippen LogP contribution in [0.2, 0.25) is 0 Å². The van der Waals surface area contributed by atoms with Crippen LogP contribution in [0.15, 0.2) is 18.3 Å². The fourth-order valence-corrected chi connectivity index (χ4v) is 2.60. The summed E-state index contributed by atoms with van der Waals surface area (Å²) in [5, 5.41) is 6.45. The molecule has 1 aliphatic rings. The Morgan fingerprint density at radius 2 is 2.06 bits per heavy atom. The lowest BCUT2D eigenvalue weighted by Gasteiger charge is -2.28. The van der Waals surface area contributed by atoms with E-state index < -0.39 is 0 Å². The molecule has 0 unspecified atom stereocenters. The SMILES string of the molecule is CNC1CCC(NC(=O)CCc2ccc[nH]2)CC1. The van der Waals surface area contributed by atoms with Gasteiger partial charge in [-0.05, 0) is 51.3 Å². The molecule has 0 radical (unpaired) electrons. The van der Waals surface area contributed by atoms with Crippen LogP contribution < -0.4 is 10.6 Å². The van der Waals surface area contributed by atoms with E-state index >= 15 is 0 Å². The van der Waals surface area contributed by atoms with Gasteiger partial charge in [0.2, 0.25) is 5.91 Å². The Morgan fingerprint density at radius 3 is 2.67 bits per heavy atom. The number of hydrogen-bond acceptors (Lipinski definition) is 2. The quantitative estimate of drug-likeness (QED) is 0.742. The van der Waals surface area contributed by atoms with Gasteiger partial charge < -0.3 is 15.6 Å². The van der Waals surface area contributed by atoms with Crippen molar-refractivity contribution in [3.8, 4) is 0 Å². The summed E-state index contributed by atoms with van der Waals surface area (Å²) in [7, 11) is 2.01. The number of H-pyrrole nitrogens is 1. The van der Waals surface area contributed by atoms with Crippen molar-refractivity contribution in [3.63, 3.8) is 0 Å². The van der Waals surface area contributed by atoms with Gasteiger partial charge in [-0.25, -0.2) is 0 Å². The molecule has 1 saturated carbocycles. The van der Waals surface area contributed by atoms with Crippen molar-refractivity contribution in [3.05, 3.63) is 24.0 Å². The molecule has 100 valence electrons. The standard InChI is InChI=1S/C14H23N3O/c1-15-11-4-6-13(7-5-11)17-14(18)9-8-12-3-2-10-16-12/h2-3,10-11,13,15-16H,4-9H2,1H3,(H,17,18). The summed E-state index contributed by atoms with van der Waals surface area (Å²) in [6.45, 7) is 0. The highest BCUT2D eigenvalue weighted by Gasteiger charge is 2.20. The number of aromatic nitrogens is 1. The highest BCUT2D eigenvalue weighted by atomic mass is 16.1. The lowest BCUT2D eigenvalue weighted by molar-refractivity contribution is -0.122. The number of carbonyl (C=O) groups is 1. The molecule has 3 N–H and O–H groups in total. The third kappa shape index (κ3) is 3.88. The molecule has 1 aromatic heterocycles. The third-order valence-electron chi connectivity index (χ3n) is 3.78. The predicted octanol–water partition coefficient (Wildman–Crippen LogP) is 1.59. The predicted molar refractivity (Wildman–Crippen MR) is 72.4 cm³/mol. The highest BCUT2D eigenvalue weighted by Crippen LogP contribution is 2.18. The van der Waals surface area contributed by atoms with E-state index in [1.165, 1.54) is 0 Å². The maximum Gasteiger partial charge on any atom is 0.220 e. The van der Waals surface area contributed by atoms with E-state index in [4.69, 9.17) is 0 Å². The second kappa shape index (κ2) is 6.59. The summed E-state index contributed by atoms with van der Waals surface area (Å²) in [6, 6.07) is 5.00. The lowest BCUT2D eigenvalue weighted by atomic mass is 9.91. The van der Waals surface area contributed by atoms with Gasteiger partial charge in [0.05, 0.1) is 0 Å². The van der Waals surface area contributed by atoms with Gasteiger partial charge in [0.25, 0.3) is 0 Å². The van der Waals surface area contributed by atoms with Crippen LogP contribution >= 0.6 is 0 Å². The second-order valence-corrected chi connectivity index (χ2v) is 5.10. The van der Waals surface area contributed by atoms with Crippen molar-refractivity contribution in [2.24, 2.45) is 0 Å². The van der Waals surface area contributed by atoms with Crippen LogP contribution in [0.4, 0.5) is 0 Å². The van der Waals surface area contributed by atoms with Crippen LogP contribution in [0.1, 0.15) is 37.8 Å². The Hall–Kier alpha value is -1.29. The first-order chi connectivity index (χ1) is 8.78. The third-order valence-corrected chi connectivity index (χ3v) is 3.78. The number of nitrogens with one attached hydrogen (secondary N) is 3. The number of amides is 1. The summed E-state index contributed by atoms with van der Waals surface area (Å²) in [4.78, 5) is 14.9. The van der Waals surface area contributed by atoms with Crippen molar-refractivity contribution < 1.29 is 4.79 Å². The molecule has 1 fully saturated rings. The van der Waals surface area contributed by atoms with Gasteiger partial charge in [0, 0.05) is 30.4 Å². The van der Waals surface area contributed by atoms with Gasteiger partial charge in [-0.1, -0.05) is 0 Å². The minimum absolute atomic E-state index is 0.178. The number of carbonyl (C=O) groups excluding carboxylic acids is 1. The molecule has 1 amide bonds. The van der Waals surface area contributed by atoms with Gasteiger partial charge >= 0.3 is 0 Å². The topological polar surface area (TPSA) is 56.9 Å². The van der Waals surface area contributed by atoms with Crippen LogP contribution in [0, 0.1) is 0 Å². The number of aryl methyl sites for hydroxylation is 1. The lowest BCUT2D eigenvalue weighted by Crippen LogP contribution is -2.41. The maximum absolute atomic E-state index is 11.8. The molecule has 0 saturated heterocycles. The van der Waals surface area contributed by atoms with E-state index in [0.29, 0.717) is 18.5 Å². The van der Waals surface area contributed by atoms with Crippen LogP contribution in [-0.2, 0) is 11.2 Å². The summed E-state index contributed by atoms with van der Waals surface area (Å²) in [6.07, 6.45) is 7.79. The Balaban J connectivity index is 1.65. The van der Waals surface area contributed by atoms with Crippen LogP contribution in [0.3, 0.4) is 0 Å². The van der Waals surface area contributed by atoms with Crippen molar-refractivity contribution in [2.75, 3.05) is 7.05 Å². The van der Waals surface area contributed by atoms with Crippen molar-refractivity contribution in [1.82, 2.24) is 15.6 Å². The number of aromatic amines is 1. The fraction of sp³-hybridized carbons (Fsp3) is 0.643. The second-order valence-electron chi connectivity index (χ2n) is 5.10. The first-order valence-corrected chi connectivity index (χ1v) is 6.87. The van der Waals surface area contributed by atoms with E-state index in [9.17, 15) is 4.79 Å². The molecule has 18 heavy (non-hydrogen) atoms. The zero-order valence-electron chi connectivity index (χ0n) is 11.0. The highest BCUT2D eigenvalue weighted by molar-refractivity contribution is 5.76. The zero-order chi connectivity index (χ0) is 12.8. The molecule has 1 aliphatic carbocycles. The van der Waals surface area contributed by atoms with Crippen molar-refractivity contribution in [2.45, 2.75) is 50.6 Å². The van der Waals surface area contributed by atoms with E-state index in [1.54, 1.807) is 0 Å². The van der Waals surface area contributed by atoms with E-state index in [0.717, 1.165) is 37.8 Å². The van der Waals surface area contributed by atoms with Crippen molar-refractivity contribution >= 4 is 5.91 Å². The van der Waals surface area contributed by atoms with Gasteiger partial charge in [-0.3, -0.25) is 4.79 Å². The van der Waals surface area contributed by atoms with Crippen LogP contribution in [0.5, 0.6) is 0 Å². The first-order valence-electron chi connectivity index (χ1n) is 6.87. The normalized spacial score (nSPS) is 23.8. The molecular weight excluding hydrogens is 226 g/mol. The summed E-state index contributed by atoms with van der Waals surface area (Å²) >= 11 is 0. The largest absolute Gasteiger partial charge is 0.365 e. The Bertz CT molecular complexity index is 353. The number of rotatable bonds is 5. The Morgan fingerprint density at radius 1 is 1.33 bits per heavy atom. The molecule has 1 heterocycles. The van der Waals surface area contributed by atoms with E-state index in [2.05, 4.69) is 15.6 Å². The van der Waals surface area contributed by atoms with Gasteiger partial charge in [-0.2, -0.15) is 0 Å². The summed E-state index contributed by atoms with van der Waals surface area (Å²) < 4.78 is 0. The summed E-state index contributed by atoms with van der Waals surface area (Å²) in [5.74, 6) is 0.178. The van der Waals surface area contributed by atoms with Crippen LogP contribution in [-0.4, -0.2) is 30.0 Å².